The lowest BCUT2D eigenvalue weighted by atomic mass is 9.73. The molecule has 40 heavy (non-hydrogen) atoms. The van der Waals surface area contributed by atoms with Crippen molar-refractivity contribution in [2.45, 2.75) is 71.9 Å². The molecule has 0 bridgehead atoms. The van der Waals surface area contributed by atoms with Crippen molar-refractivity contribution in [3.8, 4) is 5.75 Å². The molecule has 2 aliphatic rings. The molecule has 2 aromatic carbocycles. The number of amides is 2. The number of carbonyl (C=O) groups excluding carboxylic acids is 2. The average Bonchev–Trinajstić information content (AvgIpc) is 3.26. The average molecular weight is 547 g/mol. The number of aryl methyl sites for hydroxylation is 3. The Bertz CT molecular complexity index is 1430. The minimum Gasteiger partial charge on any atom is -0.491 e. The Kier molecular flexibility index (Phi) is 8.33. The summed E-state index contributed by atoms with van der Waals surface area (Å²) in [6.07, 6.45) is 6.28. The fraction of sp³-hybridized carbons (Fsp3) is 0.531. The van der Waals surface area contributed by atoms with Gasteiger partial charge >= 0.3 is 5.69 Å². The number of hydrogen-bond donors (Lipinski definition) is 0. The van der Waals surface area contributed by atoms with E-state index in [2.05, 4.69) is 12.1 Å². The van der Waals surface area contributed by atoms with Gasteiger partial charge in [0.05, 0.1) is 23.0 Å². The summed E-state index contributed by atoms with van der Waals surface area (Å²) in [5.74, 6) is 1.06. The highest BCUT2D eigenvalue weighted by Gasteiger charge is 2.43. The van der Waals surface area contributed by atoms with E-state index in [0.717, 1.165) is 48.9 Å². The Morgan fingerprint density at radius 2 is 1.60 bits per heavy atom. The lowest BCUT2D eigenvalue weighted by Gasteiger charge is -2.42. The second kappa shape index (κ2) is 11.9. The maximum atomic E-state index is 13.8. The van der Waals surface area contributed by atoms with E-state index in [9.17, 15) is 14.4 Å². The SMILES string of the molecule is CCn1c(=O)n(CC)c2cc(C(=O)N3CCC4(CCCCCc5ccccc5OCCN(C)C4=O)CC3)ccc21. The number of carbonyl (C=O) groups is 2. The number of piperidine rings is 1. The van der Waals surface area contributed by atoms with Crippen LogP contribution in [0.3, 0.4) is 0 Å². The lowest BCUT2D eigenvalue weighted by molar-refractivity contribution is -0.144. The van der Waals surface area contributed by atoms with Crippen LogP contribution < -0.4 is 10.4 Å². The number of imidazole rings is 1. The van der Waals surface area contributed by atoms with Crippen molar-refractivity contribution in [3.05, 3.63) is 64.1 Å². The molecule has 2 amide bonds. The fourth-order valence-electron chi connectivity index (χ4n) is 6.56. The molecule has 0 N–H and O–H groups in total. The van der Waals surface area contributed by atoms with Gasteiger partial charge in [-0.2, -0.15) is 0 Å². The van der Waals surface area contributed by atoms with Crippen molar-refractivity contribution in [2.75, 3.05) is 33.3 Å². The van der Waals surface area contributed by atoms with Crippen LogP contribution in [0.15, 0.2) is 47.3 Å². The largest absolute Gasteiger partial charge is 0.491 e. The van der Waals surface area contributed by atoms with E-state index >= 15 is 0 Å². The number of ether oxygens (including phenoxy) is 1. The van der Waals surface area contributed by atoms with Gasteiger partial charge in [-0.15, -0.1) is 0 Å². The molecule has 0 atom stereocenters. The summed E-state index contributed by atoms with van der Waals surface area (Å²) in [5, 5.41) is 0. The van der Waals surface area contributed by atoms with Crippen molar-refractivity contribution in [1.82, 2.24) is 18.9 Å². The van der Waals surface area contributed by atoms with E-state index < -0.39 is 5.41 Å². The van der Waals surface area contributed by atoms with Crippen LogP contribution in [0.5, 0.6) is 5.75 Å². The van der Waals surface area contributed by atoms with E-state index in [4.69, 9.17) is 4.74 Å². The number of benzene rings is 2. The summed E-state index contributed by atoms with van der Waals surface area (Å²) >= 11 is 0. The summed E-state index contributed by atoms with van der Waals surface area (Å²) in [6, 6.07) is 13.8. The summed E-state index contributed by atoms with van der Waals surface area (Å²) in [4.78, 5) is 43.9. The van der Waals surface area contributed by atoms with E-state index in [-0.39, 0.29) is 17.5 Å². The quantitative estimate of drug-likeness (QED) is 0.477. The smallest absolute Gasteiger partial charge is 0.329 e. The molecule has 0 saturated carbocycles. The first kappa shape index (κ1) is 28.0. The van der Waals surface area contributed by atoms with Crippen LogP contribution in [0.1, 0.15) is 68.3 Å². The van der Waals surface area contributed by atoms with Gasteiger partial charge in [-0.3, -0.25) is 18.7 Å². The Labute approximate surface area is 236 Å². The molecular formula is C32H42N4O4. The number of likely N-dealkylation sites (tertiary alicyclic amines) is 1. The fourth-order valence-corrected chi connectivity index (χ4v) is 6.56. The molecule has 8 nitrogen and oxygen atoms in total. The van der Waals surface area contributed by atoms with Gasteiger partial charge in [-0.1, -0.05) is 31.0 Å². The van der Waals surface area contributed by atoms with E-state index in [1.807, 2.05) is 61.0 Å². The van der Waals surface area contributed by atoms with Crippen molar-refractivity contribution in [3.63, 3.8) is 0 Å². The Morgan fingerprint density at radius 1 is 0.875 bits per heavy atom. The molecule has 3 aromatic rings. The number of rotatable bonds is 3. The molecule has 8 heteroatoms. The molecule has 214 valence electrons. The Hall–Kier alpha value is -3.55. The third-order valence-corrected chi connectivity index (χ3v) is 8.96. The second-order valence-corrected chi connectivity index (χ2v) is 11.3. The molecule has 5 rings (SSSR count). The zero-order chi connectivity index (χ0) is 28.3. The van der Waals surface area contributed by atoms with E-state index in [0.29, 0.717) is 57.7 Å². The molecule has 0 aliphatic carbocycles. The van der Waals surface area contributed by atoms with Gasteiger partial charge < -0.3 is 14.5 Å². The highest BCUT2D eigenvalue weighted by molar-refractivity contribution is 5.97. The number of para-hydroxylation sites is 1. The molecule has 1 spiro atoms. The molecule has 0 unspecified atom stereocenters. The molecule has 0 radical (unpaired) electrons. The predicted octanol–water partition coefficient (Wildman–Crippen LogP) is 4.72. The maximum absolute atomic E-state index is 13.8. The first-order valence-corrected chi connectivity index (χ1v) is 14.9. The van der Waals surface area contributed by atoms with Gasteiger partial charge in [0, 0.05) is 38.8 Å². The molecule has 1 aromatic heterocycles. The lowest BCUT2D eigenvalue weighted by Crippen LogP contribution is -2.51. The van der Waals surface area contributed by atoms with Crippen LogP contribution in [0.25, 0.3) is 11.0 Å². The maximum Gasteiger partial charge on any atom is 0.329 e. The zero-order valence-corrected chi connectivity index (χ0v) is 24.2. The highest BCUT2D eigenvalue weighted by Crippen LogP contribution is 2.39. The van der Waals surface area contributed by atoms with Gasteiger partial charge in [-0.05, 0) is 75.8 Å². The highest BCUT2D eigenvalue weighted by atomic mass is 16.5. The summed E-state index contributed by atoms with van der Waals surface area (Å²) in [6.45, 7) is 7.15. The van der Waals surface area contributed by atoms with Crippen LogP contribution in [-0.4, -0.2) is 64.0 Å². The van der Waals surface area contributed by atoms with Crippen LogP contribution in [0.4, 0.5) is 0 Å². The summed E-state index contributed by atoms with van der Waals surface area (Å²) < 4.78 is 9.56. The third-order valence-electron chi connectivity index (χ3n) is 8.96. The van der Waals surface area contributed by atoms with Gasteiger partial charge in [-0.25, -0.2) is 4.79 Å². The van der Waals surface area contributed by atoms with Gasteiger partial charge in [0.25, 0.3) is 5.91 Å². The van der Waals surface area contributed by atoms with Crippen molar-refractivity contribution >= 4 is 22.8 Å². The van der Waals surface area contributed by atoms with E-state index in [1.165, 1.54) is 5.56 Å². The van der Waals surface area contributed by atoms with Crippen LogP contribution in [-0.2, 0) is 24.3 Å². The minimum atomic E-state index is -0.447. The van der Waals surface area contributed by atoms with Gasteiger partial charge in [0.1, 0.15) is 12.4 Å². The molecular weight excluding hydrogens is 504 g/mol. The number of fused-ring (bicyclic) bond motifs is 2. The zero-order valence-electron chi connectivity index (χ0n) is 24.2. The Morgan fingerprint density at radius 3 is 2.35 bits per heavy atom. The van der Waals surface area contributed by atoms with Crippen LogP contribution in [0, 0.1) is 5.41 Å². The molecule has 1 fully saturated rings. The summed E-state index contributed by atoms with van der Waals surface area (Å²) in [5.41, 5.74) is 2.99. The number of hydrogen-bond acceptors (Lipinski definition) is 4. The predicted molar refractivity (Wildman–Crippen MR) is 157 cm³/mol. The standard InChI is InChI=1S/C32H42N4O4/c1-4-35-26-15-14-25(23-27(26)36(5-2)31(35)39)29(37)34-19-17-32(18-20-34)16-10-6-7-11-24-12-8-9-13-28(24)40-22-21-33(3)30(32)38/h8-9,12-15,23H,4-7,10-11,16-22H2,1-3H3. The molecule has 2 aliphatic heterocycles. The van der Waals surface area contributed by atoms with Crippen LogP contribution in [0.2, 0.25) is 0 Å². The van der Waals surface area contributed by atoms with Crippen LogP contribution >= 0.6 is 0 Å². The van der Waals surface area contributed by atoms with Gasteiger partial charge in [0.2, 0.25) is 5.91 Å². The van der Waals surface area contributed by atoms with Crippen molar-refractivity contribution < 1.29 is 14.3 Å². The third kappa shape index (κ3) is 5.28. The monoisotopic (exact) mass is 546 g/mol. The number of nitrogens with zero attached hydrogens (tertiary/aromatic N) is 4. The first-order valence-electron chi connectivity index (χ1n) is 14.9. The molecule has 1 saturated heterocycles. The van der Waals surface area contributed by atoms with Crippen molar-refractivity contribution in [1.29, 1.82) is 0 Å². The topological polar surface area (TPSA) is 76.8 Å². The summed E-state index contributed by atoms with van der Waals surface area (Å²) in [7, 11) is 1.88. The van der Waals surface area contributed by atoms with Gasteiger partial charge in [0.15, 0.2) is 0 Å². The first-order chi connectivity index (χ1) is 19.4. The number of likely N-dealkylation sites (N-methyl/N-ethyl adjacent to an activating group) is 1. The van der Waals surface area contributed by atoms with E-state index in [1.54, 1.807) is 9.13 Å². The van der Waals surface area contributed by atoms with Crippen molar-refractivity contribution in [2.24, 2.45) is 5.41 Å². The second-order valence-electron chi connectivity index (χ2n) is 11.3. The molecule has 3 heterocycles. The minimum absolute atomic E-state index is 0.0345. The Balaban J connectivity index is 1.30. The number of aromatic nitrogens is 2. The normalized spacial score (nSPS) is 18.5.